The predicted octanol–water partition coefficient (Wildman–Crippen LogP) is 1.87. The SMILES string of the molecule is CN1COC(c2ccc(I)cc2)=N1. The highest BCUT2D eigenvalue weighted by Gasteiger charge is 2.13. The Morgan fingerprint density at radius 3 is 2.62 bits per heavy atom. The van der Waals surface area contributed by atoms with Gasteiger partial charge in [-0.15, -0.1) is 5.10 Å². The monoisotopic (exact) mass is 288 g/mol. The zero-order chi connectivity index (χ0) is 9.26. The molecule has 68 valence electrons. The van der Waals surface area contributed by atoms with Crippen molar-refractivity contribution in [3.63, 3.8) is 0 Å². The molecule has 0 amide bonds. The Hall–Kier alpha value is -0.780. The average molecular weight is 288 g/mol. The minimum Gasteiger partial charge on any atom is -0.453 e. The molecule has 0 unspecified atom stereocenters. The molecular formula is C9H9IN2O. The summed E-state index contributed by atoms with van der Waals surface area (Å²) in [4.78, 5) is 0. The third-order valence-corrected chi connectivity index (χ3v) is 2.46. The molecule has 0 N–H and O–H groups in total. The van der Waals surface area contributed by atoms with E-state index in [1.54, 1.807) is 5.01 Å². The zero-order valence-corrected chi connectivity index (χ0v) is 9.35. The van der Waals surface area contributed by atoms with Crippen LogP contribution >= 0.6 is 22.6 Å². The van der Waals surface area contributed by atoms with Gasteiger partial charge >= 0.3 is 0 Å². The normalized spacial score (nSPS) is 15.5. The summed E-state index contributed by atoms with van der Waals surface area (Å²) < 4.78 is 6.58. The van der Waals surface area contributed by atoms with Crippen molar-refractivity contribution in [2.24, 2.45) is 5.10 Å². The van der Waals surface area contributed by atoms with E-state index in [1.807, 2.05) is 31.3 Å². The van der Waals surface area contributed by atoms with Crippen molar-refractivity contribution in [3.05, 3.63) is 33.4 Å². The second-order valence-electron chi connectivity index (χ2n) is 2.84. The molecule has 1 aliphatic rings. The Labute approximate surface area is 90.5 Å². The molecule has 1 aliphatic heterocycles. The number of halogens is 1. The van der Waals surface area contributed by atoms with Gasteiger partial charge in [0.05, 0.1) is 0 Å². The van der Waals surface area contributed by atoms with Gasteiger partial charge in [0.2, 0.25) is 5.90 Å². The van der Waals surface area contributed by atoms with Gasteiger partial charge in [0.15, 0.2) is 6.73 Å². The molecular weight excluding hydrogens is 279 g/mol. The maximum Gasteiger partial charge on any atom is 0.240 e. The molecule has 0 bridgehead atoms. The first-order valence-corrected chi connectivity index (χ1v) is 5.02. The van der Waals surface area contributed by atoms with Crippen molar-refractivity contribution < 1.29 is 4.74 Å². The lowest BCUT2D eigenvalue weighted by atomic mass is 10.2. The van der Waals surface area contributed by atoms with Gasteiger partial charge in [0, 0.05) is 16.2 Å². The minimum atomic E-state index is 0.543. The number of rotatable bonds is 1. The average Bonchev–Trinajstić information content (AvgIpc) is 2.53. The van der Waals surface area contributed by atoms with Crippen LogP contribution in [0, 0.1) is 3.57 Å². The molecule has 4 heteroatoms. The number of nitrogens with zero attached hydrogens (tertiary/aromatic N) is 2. The molecule has 2 rings (SSSR count). The van der Waals surface area contributed by atoms with E-state index in [-0.39, 0.29) is 0 Å². The van der Waals surface area contributed by atoms with Crippen molar-refractivity contribution in [1.82, 2.24) is 5.01 Å². The third-order valence-electron chi connectivity index (χ3n) is 1.74. The van der Waals surface area contributed by atoms with Gasteiger partial charge in [-0.05, 0) is 46.9 Å². The first-order valence-electron chi connectivity index (χ1n) is 3.94. The molecule has 1 aromatic rings. The summed E-state index contributed by atoms with van der Waals surface area (Å²) in [5.74, 6) is 0.707. The number of ether oxygens (including phenoxy) is 1. The van der Waals surface area contributed by atoms with E-state index in [2.05, 4.69) is 27.7 Å². The third kappa shape index (κ3) is 1.93. The lowest BCUT2D eigenvalue weighted by Gasteiger charge is -1.99. The van der Waals surface area contributed by atoms with E-state index < -0.39 is 0 Å². The Bertz CT molecular complexity index is 334. The minimum absolute atomic E-state index is 0.543. The molecule has 0 atom stereocenters. The molecule has 0 saturated heterocycles. The van der Waals surface area contributed by atoms with Crippen molar-refractivity contribution >= 4 is 28.5 Å². The van der Waals surface area contributed by atoms with Gasteiger partial charge in [0.1, 0.15) is 0 Å². The quantitative estimate of drug-likeness (QED) is 0.737. The van der Waals surface area contributed by atoms with Crippen LogP contribution in [-0.2, 0) is 4.74 Å². The Balaban J connectivity index is 2.26. The zero-order valence-electron chi connectivity index (χ0n) is 7.20. The summed E-state index contributed by atoms with van der Waals surface area (Å²) in [5.41, 5.74) is 1.03. The molecule has 0 spiro atoms. The molecule has 0 saturated carbocycles. The van der Waals surface area contributed by atoms with Crippen LogP contribution in [0.15, 0.2) is 29.4 Å². The maximum atomic E-state index is 5.36. The van der Waals surface area contributed by atoms with Crippen molar-refractivity contribution in [3.8, 4) is 0 Å². The standard InChI is InChI=1S/C9H9IN2O/c1-12-6-13-9(11-12)7-2-4-8(10)5-3-7/h2-5H,6H2,1H3. The van der Waals surface area contributed by atoms with E-state index in [4.69, 9.17) is 4.74 Å². The van der Waals surface area contributed by atoms with Crippen LogP contribution in [0.3, 0.4) is 0 Å². The number of benzene rings is 1. The Morgan fingerprint density at radius 1 is 1.38 bits per heavy atom. The lowest BCUT2D eigenvalue weighted by molar-refractivity contribution is 0.199. The van der Waals surface area contributed by atoms with Gasteiger partial charge < -0.3 is 4.74 Å². The summed E-state index contributed by atoms with van der Waals surface area (Å²) in [5, 5.41) is 5.98. The molecule has 0 aromatic heterocycles. The number of hydrogen-bond acceptors (Lipinski definition) is 3. The fourth-order valence-corrected chi connectivity index (χ4v) is 1.46. The molecule has 13 heavy (non-hydrogen) atoms. The lowest BCUT2D eigenvalue weighted by Crippen LogP contribution is -2.06. The summed E-state index contributed by atoms with van der Waals surface area (Å²) in [7, 11) is 1.89. The highest BCUT2D eigenvalue weighted by atomic mass is 127. The topological polar surface area (TPSA) is 24.8 Å². The van der Waals surface area contributed by atoms with Crippen LogP contribution in [0.4, 0.5) is 0 Å². The summed E-state index contributed by atoms with van der Waals surface area (Å²) in [6.45, 7) is 0.543. The van der Waals surface area contributed by atoms with Crippen molar-refractivity contribution in [2.45, 2.75) is 0 Å². The van der Waals surface area contributed by atoms with Crippen LogP contribution in [0.5, 0.6) is 0 Å². The van der Waals surface area contributed by atoms with Gasteiger partial charge in [-0.1, -0.05) is 0 Å². The van der Waals surface area contributed by atoms with Crippen molar-refractivity contribution in [1.29, 1.82) is 0 Å². The van der Waals surface area contributed by atoms with E-state index in [9.17, 15) is 0 Å². The highest BCUT2D eigenvalue weighted by Crippen LogP contribution is 2.12. The molecule has 3 nitrogen and oxygen atoms in total. The van der Waals surface area contributed by atoms with Gasteiger partial charge in [-0.25, -0.2) is 0 Å². The molecule has 0 aliphatic carbocycles. The van der Waals surface area contributed by atoms with E-state index >= 15 is 0 Å². The van der Waals surface area contributed by atoms with Crippen molar-refractivity contribution in [2.75, 3.05) is 13.8 Å². The second-order valence-corrected chi connectivity index (χ2v) is 4.09. The van der Waals surface area contributed by atoms with Crippen LogP contribution in [0.25, 0.3) is 0 Å². The molecule has 1 aromatic carbocycles. The smallest absolute Gasteiger partial charge is 0.240 e. The highest BCUT2D eigenvalue weighted by molar-refractivity contribution is 14.1. The first-order chi connectivity index (χ1) is 6.25. The Kier molecular flexibility index (Phi) is 2.39. The van der Waals surface area contributed by atoms with E-state index in [0.29, 0.717) is 12.6 Å². The molecule has 0 fully saturated rings. The van der Waals surface area contributed by atoms with Crippen LogP contribution in [-0.4, -0.2) is 24.7 Å². The van der Waals surface area contributed by atoms with E-state index in [1.165, 1.54) is 3.57 Å². The fourth-order valence-electron chi connectivity index (χ4n) is 1.10. The Morgan fingerprint density at radius 2 is 2.08 bits per heavy atom. The van der Waals surface area contributed by atoms with E-state index in [0.717, 1.165) is 5.56 Å². The number of hydrazone groups is 1. The summed E-state index contributed by atoms with van der Waals surface area (Å²) in [6.07, 6.45) is 0. The maximum absolute atomic E-state index is 5.36. The summed E-state index contributed by atoms with van der Waals surface area (Å²) >= 11 is 2.27. The molecule has 0 radical (unpaired) electrons. The van der Waals surface area contributed by atoms with Gasteiger partial charge in [-0.2, -0.15) is 0 Å². The number of hydrogen-bond donors (Lipinski definition) is 0. The second kappa shape index (κ2) is 3.53. The fraction of sp³-hybridized carbons (Fsp3) is 0.222. The molecule has 1 heterocycles. The van der Waals surface area contributed by atoms with Crippen LogP contribution in [0.1, 0.15) is 5.56 Å². The van der Waals surface area contributed by atoms with Crippen LogP contribution in [0.2, 0.25) is 0 Å². The predicted molar refractivity (Wildman–Crippen MR) is 59.4 cm³/mol. The van der Waals surface area contributed by atoms with Gasteiger partial charge in [0.25, 0.3) is 0 Å². The van der Waals surface area contributed by atoms with Crippen LogP contribution < -0.4 is 0 Å². The largest absolute Gasteiger partial charge is 0.453 e. The first kappa shape index (κ1) is 8.80. The summed E-state index contributed by atoms with van der Waals surface area (Å²) in [6, 6.07) is 8.11. The van der Waals surface area contributed by atoms with Gasteiger partial charge in [-0.3, -0.25) is 5.01 Å².